The van der Waals surface area contributed by atoms with E-state index in [0.29, 0.717) is 22.2 Å². The van der Waals surface area contributed by atoms with Gasteiger partial charge >= 0.3 is 0 Å². The molecule has 138 valence electrons. The van der Waals surface area contributed by atoms with Gasteiger partial charge in [-0.1, -0.05) is 36.9 Å². The van der Waals surface area contributed by atoms with Gasteiger partial charge in [-0.25, -0.2) is 9.97 Å². The van der Waals surface area contributed by atoms with Gasteiger partial charge in [0.25, 0.3) is 11.8 Å². The first kappa shape index (κ1) is 18.9. The average Bonchev–Trinajstić information content (AvgIpc) is 2.70. The van der Waals surface area contributed by atoms with Gasteiger partial charge in [0, 0.05) is 28.9 Å². The van der Waals surface area contributed by atoms with E-state index in [2.05, 4.69) is 15.3 Å². The fourth-order valence-electron chi connectivity index (χ4n) is 2.25. The van der Waals surface area contributed by atoms with Crippen LogP contribution in [0.2, 0.25) is 0 Å². The van der Waals surface area contributed by atoms with Crippen LogP contribution in [-0.2, 0) is 0 Å². The third-order valence-electron chi connectivity index (χ3n) is 3.91. The molecule has 0 saturated carbocycles. The van der Waals surface area contributed by atoms with Crippen LogP contribution in [-0.4, -0.2) is 21.9 Å². The number of hydrogen-bond donors (Lipinski definition) is 1. The van der Waals surface area contributed by atoms with Gasteiger partial charge in [-0.3, -0.25) is 4.79 Å². The van der Waals surface area contributed by atoms with Crippen LogP contribution in [0.4, 0.5) is 0 Å². The lowest BCUT2D eigenvalue weighted by Crippen LogP contribution is -2.31. The highest BCUT2D eigenvalue weighted by Gasteiger charge is 2.12. The summed E-state index contributed by atoms with van der Waals surface area (Å²) in [5.41, 5.74) is 0.598. The first-order valence-corrected chi connectivity index (χ1v) is 9.60. The quantitative estimate of drug-likeness (QED) is 0.629. The minimum Gasteiger partial charge on any atom is -0.437 e. The van der Waals surface area contributed by atoms with E-state index in [1.54, 1.807) is 36.7 Å². The van der Waals surface area contributed by atoms with Crippen molar-refractivity contribution in [2.75, 3.05) is 0 Å². The van der Waals surface area contributed by atoms with Crippen LogP contribution in [0.15, 0.2) is 76.9 Å². The largest absolute Gasteiger partial charge is 0.437 e. The third-order valence-corrected chi connectivity index (χ3v) is 4.89. The van der Waals surface area contributed by atoms with Gasteiger partial charge in [-0.15, -0.1) is 0 Å². The summed E-state index contributed by atoms with van der Waals surface area (Å²) in [6.45, 7) is 4.02. The molecular weight excluding hydrogens is 358 g/mol. The molecule has 0 spiro atoms. The Kier molecular flexibility index (Phi) is 6.44. The number of benzene rings is 2. The fourth-order valence-corrected chi connectivity index (χ4v) is 3.06. The van der Waals surface area contributed by atoms with Gasteiger partial charge in [-0.2, -0.15) is 0 Å². The maximum Gasteiger partial charge on any atom is 0.252 e. The second kappa shape index (κ2) is 9.19. The predicted molar refractivity (Wildman–Crippen MR) is 106 cm³/mol. The lowest BCUT2D eigenvalue weighted by atomic mass is 10.2. The van der Waals surface area contributed by atoms with Crippen molar-refractivity contribution in [2.24, 2.45) is 0 Å². The van der Waals surface area contributed by atoms with Crippen molar-refractivity contribution in [1.82, 2.24) is 15.3 Å². The normalized spacial score (nSPS) is 11.6. The molecule has 3 rings (SSSR count). The topological polar surface area (TPSA) is 64.1 Å². The molecule has 0 fully saturated rings. The number of nitrogens with one attached hydrogen (secondary N) is 1. The van der Waals surface area contributed by atoms with E-state index >= 15 is 0 Å². The average molecular weight is 379 g/mol. The minimum atomic E-state index is -0.0873. The van der Waals surface area contributed by atoms with E-state index in [9.17, 15) is 4.79 Å². The van der Waals surface area contributed by atoms with Crippen molar-refractivity contribution < 1.29 is 9.53 Å². The standard InChI is InChI=1S/C21H21N3O2S/c1-3-15(2)24-19(25)16-9-11-17(12-10-16)26-20-21(23-14-13-22-20)27-18-7-5-4-6-8-18/h4-15H,3H2,1-2H3,(H,24,25)/t15-/m1/s1. The number of rotatable bonds is 7. The van der Waals surface area contributed by atoms with Crippen LogP contribution < -0.4 is 10.1 Å². The van der Waals surface area contributed by atoms with Crippen LogP contribution in [0, 0.1) is 0 Å². The molecule has 5 nitrogen and oxygen atoms in total. The van der Waals surface area contributed by atoms with Crippen molar-refractivity contribution in [3.05, 3.63) is 72.6 Å². The molecule has 0 unspecified atom stereocenters. The molecule has 0 saturated heterocycles. The molecular formula is C21H21N3O2S. The Morgan fingerprint density at radius 2 is 1.78 bits per heavy atom. The second-order valence-electron chi connectivity index (χ2n) is 5.99. The Balaban J connectivity index is 1.71. The molecule has 1 atom stereocenters. The fraction of sp³-hybridized carbons (Fsp3) is 0.190. The summed E-state index contributed by atoms with van der Waals surface area (Å²) in [5, 5.41) is 3.63. The molecule has 0 aliphatic rings. The number of carbonyl (C=O) groups is 1. The Labute approximate surface area is 163 Å². The summed E-state index contributed by atoms with van der Waals surface area (Å²) in [5.74, 6) is 0.949. The summed E-state index contributed by atoms with van der Waals surface area (Å²) in [7, 11) is 0. The minimum absolute atomic E-state index is 0.0873. The van der Waals surface area contributed by atoms with Gasteiger partial charge in [0.15, 0.2) is 5.03 Å². The van der Waals surface area contributed by atoms with Gasteiger partial charge in [-0.05, 0) is 49.7 Å². The molecule has 6 heteroatoms. The van der Waals surface area contributed by atoms with Gasteiger partial charge in [0.1, 0.15) is 5.75 Å². The molecule has 0 aliphatic heterocycles. The Morgan fingerprint density at radius 3 is 2.48 bits per heavy atom. The molecule has 1 amide bonds. The molecule has 1 aromatic heterocycles. The first-order chi connectivity index (χ1) is 13.2. The van der Waals surface area contributed by atoms with Crippen molar-refractivity contribution >= 4 is 17.7 Å². The number of amides is 1. The number of nitrogens with zero attached hydrogens (tertiary/aromatic N) is 2. The van der Waals surface area contributed by atoms with E-state index in [1.807, 2.05) is 44.2 Å². The highest BCUT2D eigenvalue weighted by Crippen LogP contribution is 2.33. The maximum absolute atomic E-state index is 12.2. The number of aromatic nitrogens is 2. The summed E-state index contributed by atoms with van der Waals surface area (Å²) in [4.78, 5) is 21.9. The van der Waals surface area contributed by atoms with E-state index in [1.165, 1.54) is 11.8 Å². The van der Waals surface area contributed by atoms with Gasteiger partial charge < -0.3 is 10.1 Å². The highest BCUT2D eigenvalue weighted by atomic mass is 32.2. The van der Waals surface area contributed by atoms with E-state index in [0.717, 1.165) is 11.3 Å². The molecule has 2 aromatic carbocycles. The van der Waals surface area contributed by atoms with E-state index in [4.69, 9.17) is 4.74 Å². The smallest absolute Gasteiger partial charge is 0.252 e. The van der Waals surface area contributed by atoms with Crippen LogP contribution in [0.5, 0.6) is 11.6 Å². The zero-order chi connectivity index (χ0) is 19.1. The SMILES string of the molecule is CC[C@@H](C)NC(=O)c1ccc(Oc2nccnc2Sc2ccccc2)cc1. The zero-order valence-electron chi connectivity index (χ0n) is 15.3. The zero-order valence-corrected chi connectivity index (χ0v) is 16.1. The molecule has 0 aliphatic carbocycles. The lowest BCUT2D eigenvalue weighted by Gasteiger charge is -2.12. The summed E-state index contributed by atoms with van der Waals surface area (Å²) >= 11 is 1.49. The molecule has 27 heavy (non-hydrogen) atoms. The number of carbonyl (C=O) groups excluding carboxylic acids is 1. The van der Waals surface area contributed by atoms with Crippen LogP contribution >= 0.6 is 11.8 Å². The lowest BCUT2D eigenvalue weighted by molar-refractivity contribution is 0.0939. The molecule has 0 radical (unpaired) electrons. The highest BCUT2D eigenvalue weighted by molar-refractivity contribution is 7.99. The van der Waals surface area contributed by atoms with E-state index < -0.39 is 0 Å². The van der Waals surface area contributed by atoms with Gasteiger partial charge in [0.2, 0.25) is 0 Å². The number of ether oxygens (including phenoxy) is 1. The second-order valence-corrected chi connectivity index (χ2v) is 7.05. The van der Waals surface area contributed by atoms with Crippen LogP contribution in [0.3, 0.4) is 0 Å². The van der Waals surface area contributed by atoms with Crippen molar-refractivity contribution in [2.45, 2.75) is 36.2 Å². The predicted octanol–water partition coefficient (Wildman–Crippen LogP) is 4.95. The Morgan fingerprint density at radius 1 is 1.07 bits per heavy atom. The Bertz CT molecular complexity index is 885. The van der Waals surface area contributed by atoms with Crippen LogP contribution in [0.1, 0.15) is 30.6 Å². The monoisotopic (exact) mass is 379 g/mol. The molecule has 3 aromatic rings. The maximum atomic E-state index is 12.2. The van der Waals surface area contributed by atoms with Gasteiger partial charge in [0.05, 0.1) is 0 Å². The van der Waals surface area contributed by atoms with Crippen LogP contribution in [0.25, 0.3) is 0 Å². The molecule has 1 N–H and O–H groups in total. The Hall–Kier alpha value is -2.86. The van der Waals surface area contributed by atoms with Crippen molar-refractivity contribution in [3.8, 4) is 11.6 Å². The van der Waals surface area contributed by atoms with E-state index in [-0.39, 0.29) is 11.9 Å². The number of hydrogen-bond acceptors (Lipinski definition) is 5. The first-order valence-electron chi connectivity index (χ1n) is 8.78. The molecule has 0 bridgehead atoms. The third kappa shape index (κ3) is 5.31. The summed E-state index contributed by atoms with van der Waals surface area (Å²) in [6.07, 6.45) is 4.13. The van der Waals surface area contributed by atoms with Crippen molar-refractivity contribution in [1.29, 1.82) is 0 Å². The molecule has 1 heterocycles. The van der Waals surface area contributed by atoms with Crippen molar-refractivity contribution in [3.63, 3.8) is 0 Å². The summed E-state index contributed by atoms with van der Waals surface area (Å²) in [6, 6.07) is 17.1. The summed E-state index contributed by atoms with van der Waals surface area (Å²) < 4.78 is 5.89.